The van der Waals surface area contributed by atoms with Gasteiger partial charge in [0.25, 0.3) is 0 Å². The first-order valence-corrected chi connectivity index (χ1v) is 7.69. The van der Waals surface area contributed by atoms with Gasteiger partial charge in [-0.25, -0.2) is 4.79 Å². The van der Waals surface area contributed by atoms with Gasteiger partial charge in [0, 0.05) is 16.0 Å². The Kier molecular flexibility index (Phi) is 5.22. The highest BCUT2D eigenvalue weighted by Gasteiger charge is 2.19. The molecule has 0 spiro atoms. The van der Waals surface area contributed by atoms with Gasteiger partial charge in [0.15, 0.2) is 16.5 Å². The summed E-state index contributed by atoms with van der Waals surface area (Å²) in [6.07, 6.45) is 0. The van der Waals surface area contributed by atoms with Crippen LogP contribution in [0.4, 0.5) is 0 Å². The Balaban J connectivity index is 2.12. The molecule has 8 heteroatoms. The maximum absolute atomic E-state index is 11.9. The van der Waals surface area contributed by atoms with Gasteiger partial charge in [-0.1, -0.05) is 16.8 Å². The summed E-state index contributed by atoms with van der Waals surface area (Å²) in [5.41, 5.74) is 6.34. The molecule has 0 saturated heterocycles. The predicted molar refractivity (Wildman–Crippen MR) is 86.2 cm³/mol. The van der Waals surface area contributed by atoms with Crippen molar-refractivity contribution in [2.75, 3.05) is 7.11 Å². The van der Waals surface area contributed by atoms with Crippen LogP contribution in [0.2, 0.25) is 5.02 Å². The monoisotopic (exact) mass is 388 g/mol. The van der Waals surface area contributed by atoms with Gasteiger partial charge in [-0.05, 0) is 40.2 Å². The van der Waals surface area contributed by atoms with Crippen molar-refractivity contribution >= 4 is 50.7 Å². The van der Waals surface area contributed by atoms with Crippen LogP contribution < -0.4 is 10.5 Å². The lowest BCUT2D eigenvalue weighted by Crippen LogP contribution is -2.15. The molecular weight excluding hydrogens is 380 g/mol. The summed E-state index contributed by atoms with van der Waals surface area (Å²) in [6.45, 7) is 0. The topological polar surface area (TPSA) is 73.9 Å². The summed E-state index contributed by atoms with van der Waals surface area (Å²) in [7, 11) is 1.47. The number of benzene rings is 1. The number of oxime groups is 1. The lowest BCUT2D eigenvalue weighted by molar-refractivity contribution is 0.0518. The van der Waals surface area contributed by atoms with Gasteiger partial charge in [0.2, 0.25) is 0 Å². The van der Waals surface area contributed by atoms with Crippen LogP contribution in [0.15, 0.2) is 39.3 Å². The molecule has 1 aromatic heterocycles. The minimum atomic E-state index is -0.639. The van der Waals surface area contributed by atoms with Crippen LogP contribution in [-0.4, -0.2) is 18.9 Å². The summed E-state index contributed by atoms with van der Waals surface area (Å²) in [5.74, 6) is -0.153. The van der Waals surface area contributed by atoms with E-state index in [4.69, 9.17) is 26.9 Å². The molecule has 0 saturated carbocycles. The van der Waals surface area contributed by atoms with Crippen molar-refractivity contribution in [3.63, 3.8) is 0 Å². The molecule has 0 aliphatic rings. The zero-order chi connectivity index (χ0) is 15.4. The van der Waals surface area contributed by atoms with E-state index in [1.165, 1.54) is 18.4 Å². The average molecular weight is 390 g/mol. The number of thiophene rings is 1. The lowest BCUT2D eigenvalue weighted by Gasteiger charge is -2.02. The molecule has 0 radical (unpaired) electrons. The molecule has 21 heavy (non-hydrogen) atoms. The number of ether oxygens (including phenoxy) is 1. The molecule has 0 amide bonds. The van der Waals surface area contributed by atoms with E-state index in [1.54, 1.807) is 29.6 Å². The number of hydrogen-bond donors (Lipinski definition) is 1. The van der Waals surface area contributed by atoms with Gasteiger partial charge < -0.3 is 15.3 Å². The Morgan fingerprint density at radius 2 is 2.05 bits per heavy atom. The Labute approximate surface area is 138 Å². The SMILES string of the molecule is COc1c(Br)csc1C(=O)O/N=C(/N)c1ccc(Cl)cc1. The van der Waals surface area contributed by atoms with Gasteiger partial charge in [0.05, 0.1) is 11.6 Å². The fourth-order valence-electron chi connectivity index (χ4n) is 1.46. The highest BCUT2D eigenvalue weighted by molar-refractivity contribution is 9.10. The summed E-state index contributed by atoms with van der Waals surface area (Å²) in [5, 5.41) is 5.93. The summed E-state index contributed by atoms with van der Waals surface area (Å²) >= 11 is 10.2. The Bertz CT molecular complexity index is 685. The van der Waals surface area contributed by atoms with Crippen molar-refractivity contribution in [3.05, 3.63) is 49.6 Å². The molecule has 2 N–H and O–H groups in total. The molecule has 110 valence electrons. The third-order valence-electron chi connectivity index (χ3n) is 2.46. The van der Waals surface area contributed by atoms with Crippen molar-refractivity contribution in [2.24, 2.45) is 10.9 Å². The van der Waals surface area contributed by atoms with Gasteiger partial charge in [-0.2, -0.15) is 0 Å². The van der Waals surface area contributed by atoms with E-state index in [0.29, 0.717) is 25.7 Å². The first-order valence-electron chi connectivity index (χ1n) is 5.64. The molecule has 1 heterocycles. The maximum Gasteiger partial charge on any atom is 0.379 e. The second kappa shape index (κ2) is 6.93. The minimum Gasteiger partial charge on any atom is -0.494 e. The Morgan fingerprint density at radius 3 is 2.67 bits per heavy atom. The number of amidine groups is 1. The third kappa shape index (κ3) is 3.75. The van der Waals surface area contributed by atoms with Crippen molar-refractivity contribution in [1.29, 1.82) is 0 Å². The van der Waals surface area contributed by atoms with Crippen LogP contribution in [0.5, 0.6) is 5.75 Å². The molecule has 0 unspecified atom stereocenters. The van der Waals surface area contributed by atoms with E-state index >= 15 is 0 Å². The second-order valence-corrected chi connectivity index (χ2v) is 5.98. The largest absolute Gasteiger partial charge is 0.494 e. The molecule has 1 aromatic carbocycles. The Morgan fingerprint density at radius 1 is 1.38 bits per heavy atom. The quantitative estimate of drug-likeness (QED) is 0.375. The molecule has 0 bridgehead atoms. The van der Waals surface area contributed by atoms with Crippen molar-refractivity contribution in [3.8, 4) is 5.75 Å². The van der Waals surface area contributed by atoms with Crippen LogP contribution in [0.1, 0.15) is 15.2 Å². The summed E-state index contributed by atoms with van der Waals surface area (Å²) in [4.78, 5) is 17.1. The first kappa shape index (κ1) is 15.8. The standard InChI is InChI=1S/C13H10BrClN2O3S/c1-19-10-9(14)6-21-11(10)13(18)20-17-12(16)7-2-4-8(15)5-3-7/h2-6H,1H3,(H2,16,17). The third-order valence-corrected chi connectivity index (χ3v) is 4.55. The van der Waals surface area contributed by atoms with Gasteiger partial charge in [-0.3, -0.25) is 0 Å². The van der Waals surface area contributed by atoms with Crippen LogP contribution in [-0.2, 0) is 4.84 Å². The molecule has 0 aliphatic carbocycles. The van der Waals surface area contributed by atoms with E-state index in [2.05, 4.69) is 21.1 Å². The number of nitrogens with zero attached hydrogens (tertiary/aromatic N) is 1. The number of nitrogens with two attached hydrogens (primary N) is 1. The van der Waals surface area contributed by atoms with E-state index in [9.17, 15) is 4.79 Å². The molecular formula is C13H10BrClN2O3S. The van der Waals surface area contributed by atoms with Crippen molar-refractivity contribution in [2.45, 2.75) is 0 Å². The Hall–Kier alpha value is -1.57. The highest BCUT2D eigenvalue weighted by atomic mass is 79.9. The molecule has 0 atom stereocenters. The number of hydrogen-bond acceptors (Lipinski definition) is 5. The van der Waals surface area contributed by atoms with Crippen molar-refractivity contribution < 1.29 is 14.4 Å². The van der Waals surface area contributed by atoms with Crippen LogP contribution in [0.3, 0.4) is 0 Å². The molecule has 5 nitrogen and oxygen atoms in total. The lowest BCUT2D eigenvalue weighted by atomic mass is 10.2. The van der Waals surface area contributed by atoms with Crippen LogP contribution in [0, 0.1) is 0 Å². The molecule has 2 rings (SSSR count). The summed E-state index contributed by atoms with van der Waals surface area (Å²) < 4.78 is 5.79. The number of carbonyl (C=O) groups is 1. The molecule has 0 fully saturated rings. The van der Waals surface area contributed by atoms with Gasteiger partial charge >= 0.3 is 5.97 Å². The predicted octanol–water partition coefficient (Wildman–Crippen LogP) is 3.65. The average Bonchev–Trinajstić information content (AvgIpc) is 2.86. The number of rotatable bonds is 4. The van der Waals surface area contributed by atoms with Crippen molar-refractivity contribution in [1.82, 2.24) is 0 Å². The van der Waals surface area contributed by atoms with E-state index < -0.39 is 5.97 Å². The zero-order valence-corrected chi connectivity index (χ0v) is 14.0. The van der Waals surface area contributed by atoms with E-state index in [-0.39, 0.29) is 5.84 Å². The smallest absolute Gasteiger partial charge is 0.379 e. The second-order valence-electron chi connectivity index (χ2n) is 3.81. The zero-order valence-electron chi connectivity index (χ0n) is 10.8. The fraction of sp³-hybridized carbons (Fsp3) is 0.0769. The first-order chi connectivity index (χ1) is 10.0. The van der Waals surface area contributed by atoms with Crippen LogP contribution in [0.25, 0.3) is 0 Å². The maximum atomic E-state index is 11.9. The summed E-state index contributed by atoms with van der Waals surface area (Å²) in [6, 6.07) is 6.69. The molecule has 0 aliphatic heterocycles. The number of carbonyl (C=O) groups excluding carboxylic acids is 1. The number of halogens is 2. The van der Waals surface area contributed by atoms with Crippen LogP contribution >= 0.6 is 38.9 Å². The fourth-order valence-corrected chi connectivity index (χ4v) is 3.12. The normalized spacial score (nSPS) is 11.3. The van der Waals surface area contributed by atoms with Gasteiger partial charge in [-0.15, -0.1) is 11.3 Å². The highest BCUT2D eigenvalue weighted by Crippen LogP contribution is 2.35. The van der Waals surface area contributed by atoms with E-state index in [1.807, 2.05) is 0 Å². The van der Waals surface area contributed by atoms with Gasteiger partial charge in [0.1, 0.15) is 0 Å². The molecule has 2 aromatic rings. The van der Waals surface area contributed by atoms with E-state index in [0.717, 1.165) is 0 Å². The minimum absolute atomic E-state index is 0.0783. The number of methoxy groups -OCH3 is 1.